The number of aliphatic hydroxyl groups is 2. The summed E-state index contributed by atoms with van der Waals surface area (Å²) in [6.45, 7) is 0.627. The van der Waals surface area contributed by atoms with Crippen LogP contribution in [0, 0.1) is 5.82 Å². The molecule has 0 unspecified atom stereocenters. The van der Waals surface area contributed by atoms with Gasteiger partial charge in [0.05, 0.1) is 12.7 Å². The number of halogens is 1. The molecule has 1 atom stereocenters. The van der Waals surface area contributed by atoms with Crippen LogP contribution in [0.25, 0.3) is 0 Å². The van der Waals surface area contributed by atoms with Gasteiger partial charge in [-0.1, -0.05) is 12.1 Å². The summed E-state index contributed by atoms with van der Waals surface area (Å²) in [5.41, 5.74) is 0.941. The summed E-state index contributed by atoms with van der Waals surface area (Å²) in [5.74, 6) is -0.260. The lowest BCUT2D eigenvalue weighted by Gasteiger charge is -2.08. The first kappa shape index (κ1) is 11.1. The van der Waals surface area contributed by atoms with E-state index in [1.165, 1.54) is 12.1 Å². The Hall–Kier alpha value is -0.970. The van der Waals surface area contributed by atoms with Crippen LogP contribution in [0.15, 0.2) is 24.3 Å². The molecule has 4 heteroatoms. The van der Waals surface area contributed by atoms with Gasteiger partial charge in [0.15, 0.2) is 0 Å². The first-order valence-corrected chi connectivity index (χ1v) is 4.46. The number of benzene rings is 1. The Morgan fingerprint density at radius 1 is 1.29 bits per heavy atom. The van der Waals surface area contributed by atoms with Gasteiger partial charge in [0.2, 0.25) is 0 Å². The molecule has 1 aromatic rings. The first-order chi connectivity index (χ1) is 6.72. The lowest BCUT2D eigenvalue weighted by molar-refractivity contribution is 0.0942. The molecule has 0 amide bonds. The van der Waals surface area contributed by atoms with Crippen LogP contribution >= 0.6 is 0 Å². The van der Waals surface area contributed by atoms with Crippen LogP contribution < -0.4 is 5.32 Å². The van der Waals surface area contributed by atoms with Gasteiger partial charge in [-0.3, -0.25) is 0 Å². The molecule has 0 saturated carbocycles. The van der Waals surface area contributed by atoms with Crippen molar-refractivity contribution in [2.75, 3.05) is 13.2 Å². The van der Waals surface area contributed by atoms with Crippen LogP contribution in [0.3, 0.4) is 0 Å². The zero-order chi connectivity index (χ0) is 10.4. The second-order valence-corrected chi connectivity index (χ2v) is 3.09. The molecule has 0 spiro atoms. The molecule has 3 N–H and O–H groups in total. The Kier molecular flexibility index (Phi) is 4.52. The van der Waals surface area contributed by atoms with Crippen LogP contribution in [0.2, 0.25) is 0 Å². The smallest absolute Gasteiger partial charge is 0.123 e. The van der Waals surface area contributed by atoms with E-state index in [0.717, 1.165) is 5.56 Å². The van der Waals surface area contributed by atoms with Crippen molar-refractivity contribution in [3.8, 4) is 0 Å². The van der Waals surface area contributed by atoms with Crippen molar-refractivity contribution in [2.24, 2.45) is 0 Å². The average Bonchev–Trinajstić information content (AvgIpc) is 2.21. The molecule has 0 heterocycles. The summed E-state index contributed by atoms with van der Waals surface area (Å²) in [7, 11) is 0. The second kappa shape index (κ2) is 5.70. The normalized spacial score (nSPS) is 12.8. The molecule has 0 aliphatic heterocycles. The third kappa shape index (κ3) is 3.83. The highest BCUT2D eigenvalue weighted by Gasteiger charge is 2.00. The van der Waals surface area contributed by atoms with Crippen molar-refractivity contribution in [1.29, 1.82) is 0 Å². The maximum absolute atomic E-state index is 12.5. The molecule has 0 aliphatic carbocycles. The van der Waals surface area contributed by atoms with Gasteiger partial charge in [-0.15, -0.1) is 0 Å². The van der Waals surface area contributed by atoms with E-state index in [2.05, 4.69) is 5.32 Å². The maximum atomic E-state index is 12.5. The van der Waals surface area contributed by atoms with Crippen molar-refractivity contribution < 1.29 is 14.6 Å². The van der Waals surface area contributed by atoms with Gasteiger partial charge >= 0.3 is 0 Å². The van der Waals surface area contributed by atoms with Gasteiger partial charge < -0.3 is 15.5 Å². The second-order valence-electron chi connectivity index (χ2n) is 3.09. The number of hydrogen-bond acceptors (Lipinski definition) is 3. The first-order valence-electron chi connectivity index (χ1n) is 4.46. The van der Waals surface area contributed by atoms with Gasteiger partial charge in [-0.05, 0) is 17.7 Å². The van der Waals surface area contributed by atoms with Gasteiger partial charge in [0.1, 0.15) is 5.82 Å². The molecule has 3 nitrogen and oxygen atoms in total. The molecule has 14 heavy (non-hydrogen) atoms. The Bertz CT molecular complexity index is 263. The van der Waals surface area contributed by atoms with Crippen molar-refractivity contribution >= 4 is 0 Å². The molecule has 0 fully saturated rings. The predicted octanol–water partition coefficient (Wildman–Crippen LogP) is 0.268. The predicted molar refractivity (Wildman–Crippen MR) is 51.2 cm³/mol. The highest BCUT2D eigenvalue weighted by molar-refractivity contribution is 5.15. The van der Waals surface area contributed by atoms with Crippen molar-refractivity contribution in [3.63, 3.8) is 0 Å². The highest BCUT2D eigenvalue weighted by Crippen LogP contribution is 2.01. The van der Waals surface area contributed by atoms with Crippen LogP contribution in [0.4, 0.5) is 4.39 Å². The van der Waals surface area contributed by atoms with Crippen molar-refractivity contribution in [1.82, 2.24) is 5.32 Å². The Labute approximate surface area is 82.2 Å². The van der Waals surface area contributed by atoms with Crippen molar-refractivity contribution in [3.05, 3.63) is 35.6 Å². The third-order valence-electron chi connectivity index (χ3n) is 1.83. The van der Waals surface area contributed by atoms with E-state index in [4.69, 9.17) is 10.2 Å². The summed E-state index contributed by atoms with van der Waals surface area (Å²) in [6.07, 6.45) is -0.740. The van der Waals surface area contributed by atoms with Crippen LogP contribution in [-0.2, 0) is 6.54 Å². The minimum absolute atomic E-state index is 0.254. The van der Waals surface area contributed by atoms with Gasteiger partial charge in [-0.25, -0.2) is 4.39 Å². The topological polar surface area (TPSA) is 52.5 Å². The summed E-state index contributed by atoms with van der Waals surface area (Å²) >= 11 is 0. The number of hydrogen-bond donors (Lipinski definition) is 3. The molecule has 1 aromatic carbocycles. The van der Waals surface area contributed by atoms with E-state index in [1.807, 2.05) is 0 Å². The summed E-state index contributed by atoms with van der Waals surface area (Å²) in [6, 6.07) is 6.13. The summed E-state index contributed by atoms with van der Waals surface area (Å²) in [4.78, 5) is 0. The quantitative estimate of drug-likeness (QED) is 0.638. The van der Waals surface area contributed by atoms with E-state index >= 15 is 0 Å². The van der Waals surface area contributed by atoms with Crippen molar-refractivity contribution in [2.45, 2.75) is 12.6 Å². The number of rotatable bonds is 5. The van der Waals surface area contributed by atoms with Crippen LogP contribution in [0.1, 0.15) is 5.56 Å². The lowest BCUT2D eigenvalue weighted by Crippen LogP contribution is -2.28. The minimum atomic E-state index is -0.740. The Morgan fingerprint density at radius 2 is 1.93 bits per heavy atom. The molecule has 1 rings (SSSR count). The van der Waals surface area contributed by atoms with E-state index in [0.29, 0.717) is 13.1 Å². The Morgan fingerprint density at radius 3 is 2.50 bits per heavy atom. The van der Waals surface area contributed by atoms with Crippen LogP contribution in [-0.4, -0.2) is 29.5 Å². The molecule has 0 aliphatic rings. The fourth-order valence-corrected chi connectivity index (χ4v) is 1.05. The molecular weight excluding hydrogens is 185 g/mol. The summed E-state index contributed by atoms with van der Waals surface area (Å²) < 4.78 is 12.5. The van der Waals surface area contributed by atoms with E-state index in [-0.39, 0.29) is 12.4 Å². The lowest BCUT2D eigenvalue weighted by atomic mass is 10.2. The largest absolute Gasteiger partial charge is 0.394 e. The van der Waals surface area contributed by atoms with Gasteiger partial charge in [0.25, 0.3) is 0 Å². The SMILES string of the molecule is OC[C@H](O)CNCc1ccc(F)cc1. The highest BCUT2D eigenvalue weighted by atomic mass is 19.1. The number of nitrogens with one attached hydrogen (secondary N) is 1. The molecule has 0 bridgehead atoms. The van der Waals surface area contributed by atoms with Crippen LogP contribution in [0.5, 0.6) is 0 Å². The van der Waals surface area contributed by atoms with Gasteiger partial charge in [-0.2, -0.15) is 0 Å². The zero-order valence-corrected chi connectivity index (χ0v) is 7.78. The molecular formula is C10H14FNO2. The standard InChI is InChI=1S/C10H14FNO2/c11-9-3-1-8(2-4-9)5-12-6-10(14)7-13/h1-4,10,12-14H,5-7H2/t10-/m1/s1. The Balaban J connectivity index is 2.28. The fourth-order valence-electron chi connectivity index (χ4n) is 1.05. The summed E-state index contributed by atoms with van der Waals surface area (Å²) in [5, 5.41) is 20.5. The average molecular weight is 199 g/mol. The third-order valence-corrected chi connectivity index (χ3v) is 1.83. The molecule has 0 aromatic heterocycles. The minimum Gasteiger partial charge on any atom is -0.394 e. The maximum Gasteiger partial charge on any atom is 0.123 e. The van der Waals surface area contributed by atoms with E-state index in [9.17, 15) is 4.39 Å². The van der Waals surface area contributed by atoms with Gasteiger partial charge in [0, 0.05) is 13.1 Å². The number of aliphatic hydroxyl groups excluding tert-OH is 2. The molecule has 0 radical (unpaired) electrons. The van der Waals surface area contributed by atoms with E-state index in [1.54, 1.807) is 12.1 Å². The molecule has 0 saturated heterocycles. The zero-order valence-electron chi connectivity index (χ0n) is 7.78. The monoisotopic (exact) mass is 199 g/mol. The van der Waals surface area contributed by atoms with E-state index < -0.39 is 6.10 Å². The molecule has 78 valence electrons. The fraction of sp³-hybridized carbons (Fsp3) is 0.400.